The van der Waals surface area contributed by atoms with Gasteiger partial charge in [0.1, 0.15) is 16.9 Å². The third-order valence-electron chi connectivity index (χ3n) is 4.42. The highest BCUT2D eigenvalue weighted by Gasteiger charge is 2.32. The number of anilines is 1. The van der Waals surface area contributed by atoms with Gasteiger partial charge in [-0.15, -0.1) is 0 Å². The normalized spacial score (nSPS) is 14.1. The maximum atomic E-state index is 12.7. The summed E-state index contributed by atoms with van der Waals surface area (Å²) in [4.78, 5) is 25.0. The Labute approximate surface area is 162 Å². The first-order chi connectivity index (χ1) is 12.8. The van der Waals surface area contributed by atoms with Gasteiger partial charge in [0.05, 0.1) is 12.7 Å². The molecule has 6 nitrogen and oxygen atoms in total. The summed E-state index contributed by atoms with van der Waals surface area (Å²) in [6, 6.07) is 4.99. The number of hydrogen-bond donors (Lipinski definition) is 1. The summed E-state index contributed by atoms with van der Waals surface area (Å²) < 4.78 is 16.7. The lowest BCUT2D eigenvalue weighted by Crippen LogP contribution is -2.42. The van der Waals surface area contributed by atoms with Gasteiger partial charge in [-0.05, 0) is 58.2 Å². The summed E-state index contributed by atoms with van der Waals surface area (Å²) in [6.45, 7) is 12.1. The fraction of sp³-hybridized carbons (Fsp3) is 0.619. The quantitative estimate of drug-likeness (QED) is 0.570. The van der Waals surface area contributed by atoms with Crippen molar-refractivity contribution in [2.45, 2.75) is 72.5 Å². The van der Waals surface area contributed by atoms with E-state index in [0.717, 1.165) is 12.8 Å². The van der Waals surface area contributed by atoms with Gasteiger partial charge in [0.25, 0.3) is 5.91 Å². The van der Waals surface area contributed by atoms with Gasteiger partial charge in [-0.2, -0.15) is 0 Å². The van der Waals surface area contributed by atoms with Crippen LogP contribution in [-0.4, -0.2) is 36.8 Å². The lowest BCUT2D eigenvalue weighted by atomic mass is 10.0. The molecule has 0 aliphatic carbocycles. The zero-order valence-electron chi connectivity index (χ0n) is 17.4. The number of nitrogens with one attached hydrogen (secondary N) is 1. The Hall–Kier alpha value is -2.08. The van der Waals surface area contributed by atoms with Gasteiger partial charge in [0, 0.05) is 12.3 Å². The van der Waals surface area contributed by atoms with Crippen molar-refractivity contribution < 1.29 is 23.8 Å². The molecule has 0 bridgehead atoms. The summed E-state index contributed by atoms with van der Waals surface area (Å²) in [6.07, 6.45) is 2.14. The number of hydrogen-bond acceptors (Lipinski definition) is 5. The first kappa shape index (κ1) is 23.0. The van der Waals surface area contributed by atoms with E-state index in [4.69, 9.17) is 14.2 Å². The van der Waals surface area contributed by atoms with Crippen LogP contribution in [-0.2, 0) is 14.3 Å². The smallest absolute Gasteiger partial charge is 0.341 e. The predicted octanol–water partition coefficient (Wildman–Crippen LogP) is 4.57. The second-order valence-electron chi connectivity index (χ2n) is 6.66. The minimum atomic E-state index is -0.925. The molecule has 0 aliphatic rings. The molecule has 0 unspecified atom stereocenters. The van der Waals surface area contributed by atoms with Crippen molar-refractivity contribution in [2.24, 2.45) is 0 Å². The van der Waals surface area contributed by atoms with Crippen LogP contribution in [0, 0.1) is 0 Å². The summed E-state index contributed by atoms with van der Waals surface area (Å²) in [5.74, 6) is -0.280. The standard InChI is InChI=1S/C21H33NO5/c1-7-13-26-21(6,9-3)20(24)22-16-11-12-18(27-15(5)8-2)17(14-16)19(23)25-10-4/h11-12,14-15H,7-10,13H2,1-6H3,(H,22,24)/t15-,21-/m0/s1. The maximum absolute atomic E-state index is 12.7. The molecule has 1 aromatic carbocycles. The van der Waals surface area contributed by atoms with Gasteiger partial charge >= 0.3 is 5.97 Å². The van der Waals surface area contributed by atoms with Crippen molar-refractivity contribution in [3.05, 3.63) is 23.8 Å². The van der Waals surface area contributed by atoms with E-state index in [2.05, 4.69) is 5.32 Å². The highest BCUT2D eigenvalue weighted by atomic mass is 16.5. The van der Waals surface area contributed by atoms with E-state index in [1.165, 1.54) is 0 Å². The molecule has 1 aromatic rings. The van der Waals surface area contributed by atoms with Crippen LogP contribution in [0.3, 0.4) is 0 Å². The summed E-state index contributed by atoms with van der Waals surface area (Å²) >= 11 is 0. The van der Waals surface area contributed by atoms with Gasteiger partial charge in [-0.1, -0.05) is 20.8 Å². The number of esters is 1. The maximum Gasteiger partial charge on any atom is 0.341 e. The average Bonchev–Trinajstić information content (AvgIpc) is 2.67. The molecular formula is C21H33NO5. The van der Waals surface area contributed by atoms with E-state index in [1.807, 2.05) is 27.7 Å². The number of ether oxygens (including phenoxy) is 3. The predicted molar refractivity (Wildman–Crippen MR) is 106 cm³/mol. The topological polar surface area (TPSA) is 73.9 Å². The minimum absolute atomic E-state index is 0.0376. The molecule has 1 rings (SSSR count). The number of carbonyl (C=O) groups excluding carboxylic acids is 2. The van der Waals surface area contributed by atoms with Crippen LogP contribution in [0.25, 0.3) is 0 Å². The molecule has 0 aliphatic heterocycles. The SMILES string of the molecule is CCCO[C@@](C)(CC)C(=O)Nc1ccc(O[C@@H](C)CC)c(C(=O)OCC)c1. The number of benzene rings is 1. The van der Waals surface area contributed by atoms with E-state index in [0.29, 0.717) is 30.0 Å². The fourth-order valence-corrected chi connectivity index (χ4v) is 2.30. The molecule has 0 heterocycles. The molecule has 2 atom stereocenters. The monoisotopic (exact) mass is 379 g/mol. The van der Waals surface area contributed by atoms with Gasteiger partial charge in [-0.3, -0.25) is 4.79 Å². The molecule has 0 saturated heterocycles. The molecule has 0 saturated carbocycles. The summed E-state index contributed by atoms with van der Waals surface area (Å²) in [5.41, 5.74) is -0.131. The van der Waals surface area contributed by atoms with Crippen molar-refractivity contribution in [1.82, 2.24) is 0 Å². The second kappa shape index (κ2) is 10.9. The van der Waals surface area contributed by atoms with Crippen molar-refractivity contribution in [3.8, 4) is 5.75 Å². The van der Waals surface area contributed by atoms with Crippen molar-refractivity contribution >= 4 is 17.6 Å². The van der Waals surface area contributed by atoms with Gasteiger partial charge in [0.2, 0.25) is 0 Å². The van der Waals surface area contributed by atoms with Crippen LogP contribution < -0.4 is 10.1 Å². The molecule has 0 spiro atoms. The van der Waals surface area contributed by atoms with Gasteiger partial charge < -0.3 is 19.5 Å². The summed E-state index contributed by atoms with van der Waals surface area (Å²) in [7, 11) is 0. The Bertz CT molecular complexity index is 631. The van der Waals surface area contributed by atoms with Crippen molar-refractivity contribution in [2.75, 3.05) is 18.5 Å². The number of carbonyl (C=O) groups is 2. The molecule has 0 fully saturated rings. The Morgan fingerprint density at radius 3 is 2.44 bits per heavy atom. The molecule has 27 heavy (non-hydrogen) atoms. The van der Waals surface area contributed by atoms with E-state index < -0.39 is 11.6 Å². The molecule has 152 valence electrons. The molecular weight excluding hydrogens is 346 g/mol. The largest absolute Gasteiger partial charge is 0.490 e. The van der Waals surface area contributed by atoms with Crippen LogP contribution in [0.4, 0.5) is 5.69 Å². The zero-order chi connectivity index (χ0) is 20.4. The molecule has 6 heteroatoms. The van der Waals surface area contributed by atoms with Crippen LogP contribution in [0.15, 0.2) is 18.2 Å². The second-order valence-corrected chi connectivity index (χ2v) is 6.66. The van der Waals surface area contributed by atoms with E-state index in [9.17, 15) is 9.59 Å². The highest BCUT2D eigenvalue weighted by molar-refractivity contribution is 5.99. The Balaban J connectivity index is 3.09. The first-order valence-corrected chi connectivity index (χ1v) is 9.74. The van der Waals surface area contributed by atoms with Crippen LogP contribution >= 0.6 is 0 Å². The van der Waals surface area contributed by atoms with Gasteiger partial charge in [0.15, 0.2) is 0 Å². The Morgan fingerprint density at radius 1 is 1.19 bits per heavy atom. The average molecular weight is 379 g/mol. The number of rotatable bonds is 11. The minimum Gasteiger partial charge on any atom is -0.490 e. The Kier molecular flexibility index (Phi) is 9.29. The van der Waals surface area contributed by atoms with Gasteiger partial charge in [-0.25, -0.2) is 4.79 Å². The van der Waals surface area contributed by atoms with E-state index in [-0.39, 0.29) is 18.6 Å². The Morgan fingerprint density at radius 2 is 1.89 bits per heavy atom. The third-order valence-corrected chi connectivity index (χ3v) is 4.42. The van der Waals surface area contributed by atoms with E-state index >= 15 is 0 Å². The lowest BCUT2D eigenvalue weighted by molar-refractivity contribution is -0.139. The van der Waals surface area contributed by atoms with Crippen LogP contribution in [0.1, 0.15) is 71.2 Å². The fourth-order valence-electron chi connectivity index (χ4n) is 2.30. The first-order valence-electron chi connectivity index (χ1n) is 9.74. The van der Waals surface area contributed by atoms with Crippen LogP contribution in [0.5, 0.6) is 5.75 Å². The van der Waals surface area contributed by atoms with Crippen molar-refractivity contribution in [3.63, 3.8) is 0 Å². The van der Waals surface area contributed by atoms with Crippen LogP contribution in [0.2, 0.25) is 0 Å². The molecule has 1 amide bonds. The lowest BCUT2D eigenvalue weighted by Gasteiger charge is -2.27. The number of amides is 1. The third kappa shape index (κ3) is 6.54. The summed E-state index contributed by atoms with van der Waals surface area (Å²) in [5, 5.41) is 2.85. The van der Waals surface area contributed by atoms with E-state index in [1.54, 1.807) is 32.0 Å². The molecule has 0 radical (unpaired) electrons. The molecule has 1 N–H and O–H groups in total. The zero-order valence-corrected chi connectivity index (χ0v) is 17.4. The van der Waals surface area contributed by atoms with Crippen molar-refractivity contribution in [1.29, 1.82) is 0 Å². The highest BCUT2D eigenvalue weighted by Crippen LogP contribution is 2.27. The molecule has 0 aromatic heterocycles.